The molecule has 0 radical (unpaired) electrons. The lowest BCUT2D eigenvalue weighted by Crippen LogP contribution is -2.67. The number of likely N-dealkylation sites (N-methyl/N-ethyl adjacent to an activating group) is 1. The molecule has 1 unspecified atom stereocenters. The number of nitrogens with zero attached hydrogens (tertiary/aromatic N) is 2. The van der Waals surface area contributed by atoms with Crippen LogP contribution in [0.25, 0.3) is 0 Å². The Morgan fingerprint density at radius 3 is 2.00 bits per heavy atom. The molecule has 13 heteroatoms. The maximum Gasteiger partial charge on any atom is 0.410 e. The Morgan fingerprint density at radius 1 is 1.06 bits per heavy atom. The first-order valence-electron chi connectivity index (χ1n) is 10.3. The molecule has 4 N–H and O–H groups in total. The third-order valence-corrected chi connectivity index (χ3v) is 5.10. The number of carboxylic acids is 2. The predicted octanol–water partition coefficient (Wildman–Crippen LogP) is -1.06. The van der Waals surface area contributed by atoms with Crippen LogP contribution in [0.4, 0.5) is 4.79 Å². The topological polar surface area (TPSA) is 191 Å². The largest absolute Gasteiger partial charge is 0.479 e. The van der Waals surface area contributed by atoms with Gasteiger partial charge in [0, 0.05) is 31.6 Å². The first kappa shape index (κ1) is 28.3. The molecule has 0 aromatic carbocycles. The van der Waals surface area contributed by atoms with Crippen molar-refractivity contribution in [2.45, 2.75) is 64.0 Å². The number of likely N-dealkylation sites (tertiary alicyclic amines) is 1. The van der Waals surface area contributed by atoms with E-state index in [0.29, 0.717) is 6.54 Å². The van der Waals surface area contributed by atoms with Gasteiger partial charge in [-0.15, -0.1) is 0 Å². The molecule has 2 aliphatic heterocycles. The van der Waals surface area contributed by atoms with Crippen LogP contribution in [0.5, 0.6) is 0 Å². The maximum absolute atomic E-state index is 12.3. The fourth-order valence-corrected chi connectivity index (χ4v) is 3.47. The van der Waals surface area contributed by atoms with Crippen LogP contribution in [0.2, 0.25) is 0 Å². The molecule has 188 valence electrons. The van der Waals surface area contributed by atoms with Crippen molar-refractivity contribution in [1.29, 1.82) is 0 Å². The van der Waals surface area contributed by atoms with Gasteiger partial charge in [0.05, 0.1) is 6.61 Å². The summed E-state index contributed by atoms with van der Waals surface area (Å²) in [5.41, 5.74) is -0.577. The van der Waals surface area contributed by atoms with E-state index in [1.807, 2.05) is 32.7 Å². The van der Waals surface area contributed by atoms with Crippen molar-refractivity contribution in [3.8, 4) is 0 Å². The molecule has 13 nitrogen and oxygen atoms in total. The highest BCUT2D eigenvalue weighted by Crippen LogP contribution is 2.31. The van der Waals surface area contributed by atoms with Gasteiger partial charge in [-0.1, -0.05) is 0 Å². The van der Waals surface area contributed by atoms with E-state index < -0.39 is 47.7 Å². The molecule has 1 amide bonds. The van der Waals surface area contributed by atoms with Crippen LogP contribution in [-0.4, -0.2) is 117 Å². The Kier molecular flexibility index (Phi) is 9.75. The van der Waals surface area contributed by atoms with E-state index in [0.717, 1.165) is 0 Å². The number of aliphatic carboxylic acids is 2. The Labute approximate surface area is 190 Å². The second kappa shape index (κ2) is 11.4. The number of aliphatic hydroxyl groups is 2. The molecule has 0 aromatic rings. The molecule has 2 heterocycles. The lowest BCUT2D eigenvalue weighted by molar-refractivity contribution is -0.165. The molecule has 2 rings (SSSR count). The quantitative estimate of drug-likeness (QED) is 0.278. The fraction of sp³-hybridized carbons (Fsp3) is 0.750. The average molecular weight is 476 g/mol. The predicted molar refractivity (Wildman–Crippen MR) is 110 cm³/mol. The summed E-state index contributed by atoms with van der Waals surface area (Å²) in [6, 6.07) is -0.444. The maximum atomic E-state index is 12.3. The number of esters is 1. The first-order valence-corrected chi connectivity index (χ1v) is 10.3. The number of rotatable bonds is 5. The number of aliphatic hydroxyl groups excluding tert-OH is 2. The average Bonchev–Trinajstić information content (AvgIpc) is 2.67. The van der Waals surface area contributed by atoms with Crippen LogP contribution in [0.15, 0.2) is 0 Å². The normalized spacial score (nSPS) is 24.6. The monoisotopic (exact) mass is 476 g/mol. The highest BCUT2D eigenvalue weighted by molar-refractivity contribution is 6.01. The smallest absolute Gasteiger partial charge is 0.410 e. The Hall–Kier alpha value is -2.77. The van der Waals surface area contributed by atoms with Crippen LogP contribution >= 0.6 is 0 Å². The molecule has 0 saturated carbocycles. The lowest BCUT2D eigenvalue weighted by Gasteiger charge is -2.49. The number of piperazine rings is 1. The number of fused-ring (bicyclic) bond motifs is 2. The van der Waals surface area contributed by atoms with Crippen LogP contribution in [-0.2, 0) is 28.7 Å². The van der Waals surface area contributed by atoms with Gasteiger partial charge in [0.15, 0.2) is 12.2 Å². The summed E-state index contributed by atoms with van der Waals surface area (Å²) < 4.78 is 10.5. The molecule has 2 aliphatic rings. The first-order chi connectivity index (χ1) is 15.1. The molecule has 33 heavy (non-hydrogen) atoms. The van der Waals surface area contributed by atoms with Gasteiger partial charge >= 0.3 is 24.0 Å². The molecule has 2 bridgehead atoms. The number of carboxylic acid groups (broad SMARTS) is 2. The zero-order valence-electron chi connectivity index (χ0n) is 19.3. The Bertz CT molecular complexity index is 738. The minimum atomic E-state index is -2.27. The fourth-order valence-electron chi connectivity index (χ4n) is 3.47. The standard InChI is InChI=1S/C16H26N2O5.C4H6O6/c1-6-22-14(20)13-11-9-18(15(21)23-16(2,3)4)8-10(17(11)5)7-12(13)19;5-1(3(7)8)2(6)4(9)10/h10-11,13H,6-9H2,1-5H3;1-2,5-6H,(H,7,8)(H,9,10)/t10-,11-,13?;1-,2-/m10/s1. The van der Waals surface area contributed by atoms with E-state index >= 15 is 0 Å². The van der Waals surface area contributed by atoms with Crippen LogP contribution in [0.1, 0.15) is 34.1 Å². The number of ketones is 1. The van der Waals surface area contributed by atoms with E-state index in [-0.39, 0.29) is 37.4 Å². The minimum Gasteiger partial charge on any atom is -0.479 e. The number of piperidine rings is 1. The zero-order valence-corrected chi connectivity index (χ0v) is 19.3. The minimum absolute atomic E-state index is 0.0838. The molecular formula is C20H32N2O11. The SMILES string of the molecule is CCOC(=O)C1C(=O)C[C@@H]2CN(C(=O)OC(C)(C)C)C[C@H]1N2C.O=C(O)[C@@H](O)[C@H](O)C(=O)O. The summed E-state index contributed by atoms with van der Waals surface area (Å²) in [4.78, 5) is 59.9. The number of ether oxygens (including phenoxy) is 2. The number of carbonyl (C=O) groups excluding carboxylic acids is 3. The second-order valence-electron chi connectivity index (χ2n) is 8.74. The lowest BCUT2D eigenvalue weighted by atomic mass is 9.81. The van der Waals surface area contributed by atoms with Crippen molar-refractivity contribution in [3.05, 3.63) is 0 Å². The van der Waals surface area contributed by atoms with Crippen LogP contribution in [0.3, 0.4) is 0 Å². The van der Waals surface area contributed by atoms with Gasteiger partial charge in [-0.25, -0.2) is 14.4 Å². The molecule has 5 atom stereocenters. The highest BCUT2D eigenvalue weighted by atomic mass is 16.6. The summed E-state index contributed by atoms with van der Waals surface area (Å²) >= 11 is 0. The van der Waals surface area contributed by atoms with E-state index in [1.165, 1.54) is 0 Å². The van der Waals surface area contributed by atoms with Gasteiger partial charge < -0.3 is 34.8 Å². The summed E-state index contributed by atoms with van der Waals surface area (Å²) in [7, 11) is 1.89. The van der Waals surface area contributed by atoms with E-state index in [9.17, 15) is 24.0 Å². The number of Topliss-reactive ketones (excluding diaryl/α,β-unsaturated/α-hetero) is 1. The summed E-state index contributed by atoms with van der Waals surface area (Å²) in [5.74, 6) is -4.97. The molecule has 0 aliphatic carbocycles. The van der Waals surface area contributed by atoms with E-state index in [4.69, 9.17) is 29.9 Å². The molecular weight excluding hydrogens is 444 g/mol. The van der Waals surface area contributed by atoms with Gasteiger partial charge in [-0.05, 0) is 34.7 Å². The summed E-state index contributed by atoms with van der Waals surface area (Å²) in [6.45, 7) is 8.11. The van der Waals surface area contributed by atoms with Gasteiger partial charge in [0.2, 0.25) is 0 Å². The van der Waals surface area contributed by atoms with Crippen molar-refractivity contribution in [3.63, 3.8) is 0 Å². The Balaban J connectivity index is 0.000000461. The van der Waals surface area contributed by atoms with Gasteiger partial charge in [-0.3, -0.25) is 14.5 Å². The zero-order chi connectivity index (χ0) is 25.7. The Morgan fingerprint density at radius 2 is 1.58 bits per heavy atom. The third-order valence-electron chi connectivity index (χ3n) is 5.10. The summed E-state index contributed by atoms with van der Waals surface area (Å²) in [5, 5.41) is 32.5. The molecule has 2 saturated heterocycles. The van der Waals surface area contributed by atoms with Gasteiger partial charge in [0.25, 0.3) is 0 Å². The van der Waals surface area contributed by atoms with E-state index in [1.54, 1.807) is 11.8 Å². The molecule has 0 spiro atoms. The van der Waals surface area contributed by atoms with Crippen LogP contribution < -0.4 is 0 Å². The van der Waals surface area contributed by atoms with E-state index in [2.05, 4.69) is 0 Å². The van der Waals surface area contributed by atoms with Crippen molar-refractivity contribution >= 4 is 29.8 Å². The van der Waals surface area contributed by atoms with Crippen molar-refractivity contribution in [2.75, 3.05) is 26.7 Å². The highest BCUT2D eigenvalue weighted by Gasteiger charge is 2.50. The van der Waals surface area contributed by atoms with Crippen molar-refractivity contribution in [1.82, 2.24) is 9.80 Å². The van der Waals surface area contributed by atoms with Gasteiger partial charge in [0.1, 0.15) is 17.3 Å². The second-order valence-corrected chi connectivity index (χ2v) is 8.74. The number of amides is 1. The van der Waals surface area contributed by atoms with Crippen molar-refractivity contribution < 1.29 is 53.9 Å². The molecule has 0 aromatic heterocycles. The summed E-state index contributed by atoms with van der Waals surface area (Å²) in [6.07, 6.45) is -4.69. The van der Waals surface area contributed by atoms with Crippen molar-refractivity contribution in [2.24, 2.45) is 5.92 Å². The molecule has 2 fully saturated rings. The third kappa shape index (κ3) is 7.65. The number of carbonyl (C=O) groups is 5. The number of hydrogen-bond acceptors (Lipinski definition) is 10. The van der Waals surface area contributed by atoms with Crippen LogP contribution in [0, 0.1) is 5.92 Å². The number of hydrogen-bond donors (Lipinski definition) is 4. The van der Waals surface area contributed by atoms with Gasteiger partial charge in [-0.2, -0.15) is 0 Å².